The minimum absolute atomic E-state index is 0.751. The molecule has 0 atom stereocenters. The number of aryl methyl sites for hydroxylation is 2. The van der Waals surface area contributed by atoms with Crippen molar-refractivity contribution < 1.29 is 4.74 Å². The molecule has 0 aliphatic rings. The normalized spacial score (nSPS) is 11.0. The van der Waals surface area contributed by atoms with E-state index in [2.05, 4.69) is 48.6 Å². The highest BCUT2D eigenvalue weighted by atomic mass is 16.5. The van der Waals surface area contributed by atoms with Gasteiger partial charge in [0.25, 0.3) is 0 Å². The average molecular weight is 435 g/mol. The average Bonchev–Trinajstić information content (AvgIpc) is 3.18. The fourth-order valence-electron chi connectivity index (χ4n) is 4.22. The Labute approximate surface area is 193 Å². The van der Waals surface area contributed by atoms with Gasteiger partial charge in [0.2, 0.25) is 0 Å². The topological polar surface area (TPSA) is 51.5 Å². The van der Waals surface area contributed by atoms with Gasteiger partial charge in [0.1, 0.15) is 11.6 Å². The number of anilines is 2. The van der Waals surface area contributed by atoms with Gasteiger partial charge >= 0.3 is 0 Å². The second-order valence-electron chi connectivity index (χ2n) is 8.11. The maximum absolute atomic E-state index is 5.44. The summed E-state index contributed by atoms with van der Waals surface area (Å²) in [5.74, 6) is 1.72. The molecule has 3 aromatic carbocycles. The SMILES string of the molecule is COc1cccc(Nc2c(Cc3ccccc3)c(C)nc3c(-c4ccccc4)c(C)nn23)c1. The summed E-state index contributed by atoms with van der Waals surface area (Å²) in [6, 6.07) is 28.7. The second kappa shape index (κ2) is 8.79. The van der Waals surface area contributed by atoms with E-state index in [9.17, 15) is 0 Å². The maximum Gasteiger partial charge on any atom is 0.165 e. The molecule has 164 valence electrons. The number of ether oxygens (including phenoxy) is 1. The third-order valence-electron chi connectivity index (χ3n) is 5.86. The molecule has 5 heteroatoms. The Morgan fingerprint density at radius 1 is 0.848 bits per heavy atom. The van der Waals surface area contributed by atoms with E-state index in [1.54, 1.807) is 7.11 Å². The van der Waals surface area contributed by atoms with Crippen LogP contribution in [0.25, 0.3) is 16.8 Å². The number of hydrogen-bond donors (Lipinski definition) is 1. The lowest BCUT2D eigenvalue weighted by Crippen LogP contribution is -2.09. The lowest BCUT2D eigenvalue weighted by molar-refractivity contribution is 0.415. The van der Waals surface area contributed by atoms with E-state index in [-0.39, 0.29) is 0 Å². The van der Waals surface area contributed by atoms with E-state index >= 15 is 0 Å². The van der Waals surface area contributed by atoms with Gasteiger partial charge in [-0.15, -0.1) is 0 Å². The molecule has 0 amide bonds. The zero-order valence-corrected chi connectivity index (χ0v) is 19.0. The molecule has 5 nitrogen and oxygen atoms in total. The van der Waals surface area contributed by atoms with Crippen molar-refractivity contribution >= 4 is 17.2 Å². The number of rotatable bonds is 6. The number of methoxy groups -OCH3 is 1. The van der Waals surface area contributed by atoms with Crippen LogP contribution in [-0.4, -0.2) is 21.7 Å². The van der Waals surface area contributed by atoms with Gasteiger partial charge in [-0.2, -0.15) is 9.61 Å². The molecule has 0 saturated carbocycles. The van der Waals surface area contributed by atoms with Crippen LogP contribution in [0.1, 0.15) is 22.5 Å². The van der Waals surface area contributed by atoms with E-state index in [4.69, 9.17) is 14.8 Å². The first kappa shape index (κ1) is 20.8. The van der Waals surface area contributed by atoms with Crippen LogP contribution in [0, 0.1) is 13.8 Å². The first-order valence-corrected chi connectivity index (χ1v) is 11.0. The van der Waals surface area contributed by atoms with Crippen LogP contribution >= 0.6 is 0 Å². The van der Waals surface area contributed by atoms with Crippen molar-refractivity contribution in [2.75, 3.05) is 12.4 Å². The van der Waals surface area contributed by atoms with E-state index in [1.165, 1.54) is 5.56 Å². The third-order valence-corrected chi connectivity index (χ3v) is 5.86. The Morgan fingerprint density at radius 3 is 2.30 bits per heavy atom. The second-order valence-corrected chi connectivity index (χ2v) is 8.11. The molecule has 0 spiro atoms. The number of nitrogens with one attached hydrogen (secondary N) is 1. The van der Waals surface area contributed by atoms with Crippen LogP contribution in [0.2, 0.25) is 0 Å². The van der Waals surface area contributed by atoms with Crippen LogP contribution in [0.3, 0.4) is 0 Å². The van der Waals surface area contributed by atoms with Crippen molar-refractivity contribution in [3.05, 3.63) is 107 Å². The highest BCUT2D eigenvalue weighted by Gasteiger charge is 2.20. The summed E-state index contributed by atoms with van der Waals surface area (Å²) in [5.41, 5.74) is 8.20. The number of benzene rings is 3. The first-order chi connectivity index (χ1) is 16.1. The van der Waals surface area contributed by atoms with Gasteiger partial charge in [0.05, 0.1) is 12.8 Å². The van der Waals surface area contributed by atoms with E-state index in [1.807, 2.05) is 60.0 Å². The molecular formula is C28H26N4O. The van der Waals surface area contributed by atoms with Crippen LogP contribution in [0.4, 0.5) is 11.5 Å². The number of nitrogens with zero attached hydrogens (tertiary/aromatic N) is 3. The Hall–Kier alpha value is -4.12. The summed E-state index contributed by atoms with van der Waals surface area (Å²) >= 11 is 0. The Bertz CT molecular complexity index is 1410. The zero-order chi connectivity index (χ0) is 22.8. The van der Waals surface area contributed by atoms with Crippen LogP contribution in [0.5, 0.6) is 5.75 Å². The molecule has 0 aliphatic heterocycles. The molecule has 0 bridgehead atoms. The molecule has 5 rings (SSSR count). The first-order valence-electron chi connectivity index (χ1n) is 11.0. The van der Waals surface area contributed by atoms with Crippen molar-refractivity contribution in [3.8, 4) is 16.9 Å². The van der Waals surface area contributed by atoms with Crippen molar-refractivity contribution in [1.82, 2.24) is 14.6 Å². The molecule has 0 saturated heterocycles. The minimum atomic E-state index is 0.751. The van der Waals surface area contributed by atoms with Crippen LogP contribution < -0.4 is 10.1 Å². The Morgan fingerprint density at radius 2 is 1.58 bits per heavy atom. The van der Waals surface area contributed by atoms with E-state index in [0.29, 0.717) is 0 Å². The molecule has 0 unspecified atom stereocenters. The molecule has 1 N–H and O–H groups in total. The van der Waals surface area contributed by atoms with Crippen molar-refractivity contribution in [3.63, 3.8) is 0 Å². The summed E-state index contributed by atoms with van der Waals surface area (Å²) in [6.45, 7) is 4.12. The largest absolute Gasteiger partial charge is 0.497 e. The highest BCUT2D eigenvalue weighted by molar-refractivity contribution is 5.82. The smallest absolute Gasteiger partial charge is 0.165 e. The van der Waals surface area contributed by atoms with Gasteiger partial charge in [-0.25, -0.2) is 4.98 Å². The number of aromatic nitrogens is 3. The molecule has 0 aliphatic carbocycles. The van der Waals surface area contributed by atoms with Gasteiger partial charge in [0.15, 0.2) is 5.65 Å². The van der Waals surface area contributed by atoms with Crippen molar-refractivity contribution in [1.29, 1.82) is 0 Å². The molecule has 2 heterocycles. The molecule has 5 aromatic rings. The van der Waals surface area contributed by atoms with Crippen molar-refractivity contribution in [2.24, 2.45) is 0 Å². The Balaban J connectivity index is 1.73. The monoisotopic (exact) mass is 434 g/mol. The maximum atomic E-state index is 5.44. The summed E-state index contributed by atoms with van der Waals surface area (Å²) in [6.07, 6.45) is 0.751. The molecule has 33 heavy (non-hydrogen) atoms. The highest BCUT2D eigenvalue weighted by Crippen LogP contribution is 2.33. The van der Waals surface area contributed by atoms with Crippen molar-refractivity contribution in [2.45, 2.75) is 20.3 Å². The molecular weight excluding hydrogens is 408 g/mol. The lowest BCUT2D eigenvalue weighted by Gasteiger charge is -2.17. The predicted octanol–water partition coefficient (Wildman–Crippen LogP) is 6.36. The third kappa shape index (κ3) is 4.05. The van der Waals surface area contributed by atoms with E-state index < -0.39 is 0 Å². The zero-order valence-electron chi connectivity index (χ0n) is 19.0. The lowest BCUT2D eigenvalue weighted by atomic mass is 10.0. The molecule has 0 radical (unpaired) electrons. The number of hydrogen-bond acceptors (Lipinski definition) is 4. The summed E-state index contributed by atoms with van der Waals surface area (Å²) in [5, 5.41) is 8.56. The fraction of sp³-hybridized carbons (Fsp3) is 0.143. The van der Waals surface area contributed by atoms with Gasteiger partial charge in [-0.3, -0.25) is 0 Å². The summed E-state index contributed by atoms with van der Waals surface area (Å²) in [4.78, 5) is 5.04. The summed E-state index contributed by atoms with van der Waals surface area (Å²) < 4.78 is 7.38. The Kier molecular flexibility index (Phi) is 5.53. The van der Waals surface area contributed by atoms with Gasteiger partial charge in [-0.05, 0) is 37.1 Å². The van der Waals surface area contributed by atoms with Crippen LogP contribution in [-0.2, 0) is 6.42 Å². The molecule has 0 fully saturated rings. The standard InChI is InChI=1S/C28H26N4O/c1-19-25(17-21-11-6-4-7-12-21)27(30-23-15-10-16-24(18-23)33-3)32-28(29-19)26(20(2)31-32)22-13-8-5-9-14-22/h4-16,18,30H,17H2,1-3H3. The van der Waals surface area contributed by atoms with Gasteiger partial charge in [0, 0.05) is 35.0 Å². The quantitative estimate of drug-likeness (QED) is 0.338. The van der Waals surface area contributed by atoms with E-state index in [0.717, 1.165) is 57.4 Å². The summed E-state index contributed by atoms with van der Waals surface area (Å²) in [7, 11) is 1.68. The minimum Gasteiger partial charge on any atom is -0.497 e. The predicted molar refractivity (Wildman–Crippen MR) is 133 cm³/mol. The van der Waals surface area contributed by atoms with Gasteiger partial charge in [-0.1, -0.05) is 66.7 Å². The number of fused-ring (bicyclic) bond motifs is 1. The molecule has 2 aromatic heterocycles. The van der Waals surface area contributed by atoms with Crippen LogP contribution in [0.15, 0.2) is 84.9 Å². The fourth-order valence-corrected chi connectivity index (χ4v) is 4.22. The van der Waals surface area contributed by atoms with Gasteiger partial charge < -0.3 is 10.1 Å².